The third-order valence-electron chi connectivity index (χ3n) is 2.22. The Balaban J connectivity index is 3.38. The normalized spacial score (nSPS) is 14.5. The molecule has 2 unspecified atom stereocenters. The molecule has 0 saturated carbocycles. The standard InChI is InChI=1S/C12H22O3/c1-5-11(13-3)7-9-15-10-8-12(6-2)14-4/h5-6,11-12H,1-2,7-10H2,3-4H3. The second-order valence-electron chi connectivity index (χ2n) is 3.21. The van der Waals surface area contributed by atoms with Crippen molar-refractivity contribution in [3.8, 4) is 0 Å². The summed E-state index contributed by atoms with van der Waals surface area (Å²) < 4.78 is 15.7. The molecule has 15 heavy (non-hydrogen) atoms. The van der Waals surface area contributed by atoms with Crippen LogP contribution in [0.2, 0.25) is 0 Å². The van der Waals surface area contributed by atoms with Gasteiger partial charge in [0, 0.05) is 40.3 Å². The molecule has 0 aliphatic heterocycles. The molecule has 2 atom stereocenters. The average molecular weight is 214 g/mol. The van der Waals surface area contributed by atoms with Crippen LogP contribution in [0.5, 0.6) is 0 Å². The van der Waals surface area contributed by atoms with Crippen molar-refractivity contribution >= 4 is 0 Å². The predicted octanol–water partition coefficient (Wildman–Crippen LogP) is 2.19. The summed E-state index contributed by atoms with van der Waals surface area (Å²) >= 11 is 0. The Morgan fingerprint density at radius 3 is 1.60 bits per heavy atom. The molecule has 0 N–H and O–H groups in total. The molecule has 0 amide bonds. The lowest BCUT2D eigenvalue weighted by atomic mass is 10.2. The Labute approximate surface area is 92.7 Å². The molecule has 3 nitrogen and oxygen atoms in total. The van der Waals surface area contributed by atoms with Crippen LogP contribution in [0.4, 0.5) is 0 Å². The molecule has 0 aliphatic rings. The van der Waals surface area contributed by atoms with Crippen LogP contribution >= 0.6 is 0 Å². The first-order valence-electron chi connectivity index (χ1n) is 5.16. The monoisotopic (exact) mass is 214 g/mol. The first-order chi connectivity index (χ1) is 7.28. The van der Waals surface area contributed by atoms with Gasteiger partial charge in [-0.3, -0.25) is 0 Å². The molecule has 0 aromatic rings. The average Bonchev–Trinajstić information content (AvgIpc) is 2.29. The first kappa shape index (κ1) is 14.4. The minimum atomic E-state index is 0.0858. The maximum absolute atomic E-state index is 5.45. The minimum Gasteiger partial charge on any atom is -0.381 e. The van der Waals surface area contributed by atoms with Gasteiger partial charge < -0.3 is 14.2 Å². The quantitative estimate of drug-likeness (QED) is 0.412. The van der Waals surface area contributed by atoms with Gasteiger partial charge in [0.15, 0.2) is 0 Å². The third-order valence-corrected chi connectivity index (χ3v) is 2.22. The van der Waals surface area contributed by atoms with Crippen molar-refractivity contribution in [3.63, 3.8) is 0 Å². The number of methoxy groups -OCH3 is 2. The van der Waals surface area contributed by atoms with E-state index in [-0.39, 0.29) is 12.2 Å². The van der Waals surface area contributed by atoms with E-state index < -0.39 is 0 Å². The van der Waals surface area contributed by atoms with E-state index in [1.165, 1.54) is 0 Å². The summed E-state index contributed by atoms with van der Waals surface area (Å²) in [5, 5.41) is 0. The van der Waals surface area contributed by atoms with E-state index in [0.717, 1.165) is 12.8 Å². The van der Waals surface area contributed by atoms with E-state index in [1.807, 2.05) is 0 Å². The summed E-state index contributed by atoms with van der Waals surface area (Å²) in [6.07, 6.45) is 5.42. The lowest BCUT2D eigenvalue weighted by molar-refractivity contribution is 0.0523. The summed E-state index contributed by atoms with van der Waals surface area (Å²) in [5.74, 6) is 0. The fraction of sp³-hybridized carbons (Fsp3) is 0.667. The fourth-order valence-corrected chi connectivity index (χ4v) is 1.16. The Morgan fingerprint density at radius 2 is 1.33 bits per heavy atom. The van der Waals surface area contributed by atoms with Gasteiger partial charge in [0.05, 0.1) is 12.2 Å². The molecule has 88 valence electrons. The summed E-state index contributed by atoms with van der Waals surface area (Å²) in [5.41, 5.74) is 0. The van der Waals surface area contributed by atoms with Gasteiger partial charge in [-0.25, -0.2) is 0 Å². The van der Waals surface area contributed by atoms with Crippen LogP contribution < -0.4 is 0 Å². The fourth-order valence-electron chi connectivity index (χ4n) is 1.16. The maximum atomic E-state index is 5.45. The second kappa shape index (κ2) is 9.90. The van der Waals surface area contributed by atoms with E-state index in [1.54, 1.807) is 26.4 Å². The van der Waals surface area contributed by atoms with Crippen LogP contribution in [0.25, 0.3) is 0 Å². The predicted molar refractivity (Wildman–Crippen MR) is 62.0 cm³/mol. The molecule has 0 saturated heterocycles. The van der Waals surface area contributed by atoms with Gasteiger partial charge in [-0.05, 0) is 0 Å². The molecule has 0 spiro atoms. The van der Waals surface area contributed by atoms with E-state index in [4.69, 9.17) is 14.2 Å². The highest BCUT2D eigenvalue weighted by Crippen LogP contribution is 2.01. The lowest BCUT2D eigenvalue weighted by Crippen LogP contribution is -2.14. The van der Waals surface area contributed by atoms with E-state index in [2.05, 4.69) is 13.2 Å². The highest BCUT2D eigenvalue weighted by atomic mass is 16.5. The highest BCUT2D eigenvalue weighted by Gasteiger charge is 2.03. The van der Waals surface area contributed by atoms with Crippen LogP contribution in [-0.4, -0.2) is 39.6 Å². The molecule has 3 heteroatoms. The van der Waals surface area contributed by atoms with Gasteiger partial charge in [0.25, 0.3) is 0 Å². The van der Waals surface area contributed by atoms with Gasteiger partial charge in [-0.1, -0.05) is 12.2 Å². The van der Waals surface area contributed by atoms with Crippen molar-refractivity contribution in [2.75, 3.05) is 27.4 Å². The van der Waals surface area contributed by atoms with Crippen LogP contribution in [0, 0.1) is 0 Å². The maximum Gasteiger partial charge on any atom is 0.0771 e. The topological polar surface area (TPSA) is 27.7 Å². The molecule has 0 aromatic heterocycles. The zero-order valence-electron chi connectivity index (χ0n) is 9.78. The van der Waals surface area contributed by atoms with Crippen LogP contribution in [-0.2, 0) is 14.2 Å². The van der Waals surface area contributed by atoms with E-state index in [0.29, 0.717) is 13.2 Å². The van der Waals surface area contributed by atoms with Crippen molar-refractivity contribution < 1.29 is 14.2 Å². The minimum absolute atomic E-state index is 0.0858. The Kier molecular flexibility index (Phi) is 9.48. The SMILES string of the molecule is C=CC(CCOCCC(C=C)OC)OC. The number of hydrogen-bond acceptors (Lipinski definition) is 3. The van der Waals surface area contributed by atoms with Crippen molar-refractivity contribution in [3.05, 3.63) is 25.3 Å². The van der Waals surface area contributed by atoms with Crippen LogP contribution in [0.1, 0.15) is 12.8 Å². The molecule has 0 aromatic carbocycles. The smallest absolute Gasteiger partial charge is 0.0771 e. The molecule has 0 rings (SSSR count). The summed E-state index contributed by atoms with van der Waals surface area (Å²) in [7, 11) is 3.34. The molecule has 0 bridgehead atoms. The number of ether oxygens (including phenoxy) is 3. The first-order valence-corrected chi connectivity index (χ1v) is 5.16. The largest absolute Gasteiger partial charge is 0.381 e. The Bertz CT molecular complexity index is 150. The van der Waals surface area contributed by atoms with E-state index >= 15 is 0 Å². The van der Waals surface area contributed by atoms with Gasteiger partial charge >= 0.3 is 0 Å². The van der Waals surface area contributed by atoms with Gasteiger partial charge in [-0.15, -0.1) is 13.2 Å². The molecule has 0 fully saturated rings. The van der Waals surface area contributed by atoms with Crippen molar-refractivity contribution in [2.45, 2.75) is 25.0 Å². The van der Waals surface area contributed by atoms with Crippen LogP contribution in [0.3, 0.4) is 0 Å². The zero-order valence-corrected chi connectivity index (χ0v) is 9.78. The number of hydrogen-bond donors (Lipinski definition) is 0. The van der Waals surface area contributed by atoms with Gasteiger partial charge in [0.2, 0.25) is 0 Å². The molecule has 0 heterocycles. The van der Waals surface area contributed by atoms with Gasteiger partial charge in [-0.2, -0.15) is 0 Å². The zero-order chi connectivity index (χ0) is 11.5. The summed E-state index contributed by atoms with van der Waals surface area (Å²) in [6, 6.07) is 0. The second-order valence-corrected chi connectivity index (χ2v) is 3.21. The Hall–Kier alpha value is -0.640. The third kappa shape index (κ3) is 7.31. The molecular weight excluding hydrogens is 192 g/mol. The molecule has 0 aliphatic carbocycles. The summed E-state index contributed by atoms with van der Waals surface area (Å²) in [4.78, 5) is 0. The van der Waals surface area contributed by atoms with Gasteiger partial charge in [0.1, 0.15) is 0 Å². The van der Waals surface area contributed by atoms with E-state index in [9.17, 15) is 0 Å². The lowest BCUT2D eigenvalue weighted by Gasteiger charge is -2.12. The summed E-state index contributed by atoms with van der Waals surface area (Å²) in [6.45, 7) is 8.70. The van der Waals surface area contributed by atoms with Crippen molar-refractivity contribution in [2.24, 2.45) is 0 Å². The number of rotatable bonds is 10. The Morgan fingerprint density at radius 1 is 0.933 bits per heavy atom. The van der Waals surface area contributed by atoms with Crippen LogP contribution in [0.15, 0.2) is 25.3 Å². The highest BCUT2D eigenvalue weighted by molar-refractivity contribution is 4.80. The molecular formula is C12H22O3. The van der Waals surface area contributed by atoms with Crippen molar-refractivity contribution in [1.29, 1.82) is 0 Å². The molecule has 0 radical (unpaired) electrons. The van der Waals surface area contributed by atoms with Crippen molar-refractivity contribution in [1.82, 2.24) is 0 Å².